The number of likely N-dealkylation sites (tertiary alicyclic amines) is 1. The Labute approximate surface area is 121 Å². The molecule has 1 aliphatic rings. The van der Waals surface area contributed by atoms with Gasteiger partial charge in [0.15, 0.2) is 0 Å². The van der Waals surface area contributed by atoms with Crippen LogP contribution in [0.2, 0.25) is 0 Å². The molecule has 0 aromatic heterocycles. The van der Waals surface area contributed by atoms with Crippen LogP contribution in [0.5, 0.6) is 0 Å². The number of carbonyl (C=O) groups is 1. The lowest BCUT2D eigenvalue weighted by molar-refractivity contribution is -0.143. The van der Waals surface area contributed by atoms with Gasteiger partial charge < -0.3 is 10.0 Å². The molecule has 1 aliphatic heterocycles. The highest BCUT2D eigenvalue weighted by molar-refractivity contribution is 5.73. The molecule has 0 bridgehead atoms. The number of carboxylic acid groups (broad SMARTS) is 1. The molecule has 1 heterocycles. The summed E-state index contributed by atoms with van der Waals surface area (Å²) in [6.07, 6.45) is 2.76. The molecule has 2 rings (SSSR count). The van der Waals surface area contributed by atoms with E-state index in [2.05, 4.69) is 34.1 Å². The van der Waals surface area contributed by atoms with E-state index in [1.807, 2.05) is 21.0 Å². The van der Waals surface area contributed by atoms with Crippen LogP contribution in [-0.4, -0.2) is 42.7 Å². The Kier molecular flexibility index (Phi) is 4.65. The van der Waals surface area contributed by atoms with E-state index in [1.54, 1.807) is 0 Å². The molecule has 0 aliphatic carbocycles. The van der Waals surface area contributed by atoms with Crippen LogP contribution >= 0.6 is 0 Å². The van der Waals surface area contributed by atoms with Crippen LogP contribution in [0.3, 0.4) is 0 Å². The van der Waals surface area contributed by atoms with E-state index in [-0.39, 0.29) is 12.1 Å². The number of benzene rings is 1. The summed E-state index contributed by atoms with van der Waals surface area (Å²) in [5.74, 6) is -0.705. The number of hydrogen-bond donors (Lipinski definition) is 1. The summed E-state index contributed by atoms with van der Waals surface area (Å²) in [7, 11) is 4.05. The predicted molar refractivity (Wildman–Crippen MR) is 81.2 cm³/mol. The second-order valence-electron chi connectivity index (χ2n) is 5.65. The van der Waals surface area contributed by atoms with Crippen molar-refractivity contribution in [2.75, 3.05) is 25.5 Å². The molecule has 1 saturated heterocycles. The van der Waals surface area contributed by atoms with Crippen LogP contribution in [0, 0.1) is 0 Å². The highest BCUT2D eigenvalue weighted by atomic mass is 16.4. The van der Waals surface area contributed by atoms with E-state index in [4.69, 9.17) is 0 Å². The molecule has 0 amide bonds. The molecule has 1 aromatic rings. The van der Waals surface area contributed by atoms with E-state index in [1.165, 1.54) is 5.56 Å². The molecule has 20 heavy (non-hydrogen) atoms. The normalized spacial score (nSPS) is 20.9. The van der Waals surface area contributed by atoms with E-state index < -0.39 is 5.97 Å². The largest absolute Gasteiger partial charge is 0.480 e. The number of hydrogen-bond acceptors (Lipinski definition) is 3. The Morgan fingerprint density at radius 2 is 2.25 bits per heavy atom. The zero-order valence-electron chi connectivity index (χ0n) is 12.5. The van der Waals surface area contributed by atoms with Gasteiger partial charge >= 0.3 is 5.97 Å². The van der Waals surface area contributed by atoms with Crippen molar-refractivity contribution in [2.24, 2.45) is 0 Å². The lowest BCUT2D eigenvalue weighted by atomic mass is 10.0. The Morgan fingerprint density at radius 1 is 1.50 bits per heavy atom. The molecule has 0 spiro atoms. The first kappa shape index (κ1) is 14.9. The Balaban J connectivity index is 2.26. The average Bonchev–Trinajstić information content (AvgIpc) is 2.88. The molecule has 0 radical (unpaired) electrons. The summed E-state index contributed by atoms with van der Waals surface area (Å²) >= 11 is 0. The Hall–Kier alpha value is -1.55. The minimum absolute atomic E-state index is 0.232. The van der Waals surface area contributed by atoms with Gasteiger partial charge in [-0.05, 0) is 43.5 Å². The van der Waals surface area contributed by atoms with Crippen LogP contribution in [0.15, 0.2) is 24.3 Å². The lowest BCUT2D eigenvalue weighted by Crippen LogP contribution is -2.40. The van der Waals surface area contributed by atoms with Gasteiger partial charge in [-0.1, -0.05) is 19.1 Å². The molecular formula is C16H24N2O2. The Bertz CT molecular complexity index is 473. The molecule has 0 saturated carbocycles. The third-order valence-electron chi connectivity index (χ3n) is 4.14. The summed E-state index contributed by atoms with van der Waals surface area (Å²) in [6, 6.07) is 8.30. The zero-order valence-corrected chi connectivity index (χ0v) is 12.5. The van der Waals surface area contributed by atoms with Gasteiger partial charge in [0.1, 0.15) is 6.04 Å². The van der Waals surface area contributed by atoms with Gasteiger partial charge in [-0.3, -0.25) is 9.69 Å². The van der Waals surface area contributed by atoms with Crippen molar-refractivity contribution in [3.63, 3.8) is 0 Å². The number of carboxylic acids is 1. The minimum atomic E-state index is -0.705. The van der Waals surface area contributed by atoms with Crippen LogP contribution in [0.25, 0.3) is 0 Å². The number of rotatable bonds is 5. The Morgan fingerprint density at radius 3 is 2.85 bits per heavy atom. The van der Waals surface area contributed by atoms with Crippen molar-refractivity contribution in [1.82, 2.24) is 4.90 Å². The van der Waals surface area contributed by atoms with Crippen LogP contribution < -0.4 is 4.90 Å². The second kappa shape index (κ2) is 6.27. The SMILES string of the molecule is CC[C@@H](C(=O)O)N1CCC[C@@H]1c1cccc(N(C)C)c1. The van der Waals surface area contributed by atoms with Gasteiger partial charge in [0, 0.05) is 25.8 Å². The molecule has 1 fully saturated rings. The molecule has 1 aromatic carbocycles. The van der Waals surface area contributed by atoms with Crippen molar-refractivity contribution >= 4 is 11.7 Å². The fraction of sp³-hybridized carbons (Fsp3) is 0.562. The van der Waals surface area contributed by atoms with E-state index in [9.17, 15) is 9.90 Å². The summed E-state index contributed by atoms with van der Waals surface area (Å²) < 4.78 is 0. The first-order valence-corrected chi connectivity index (χ1v) is 7.30. The van der Waals surface area contributed by atoms with Crippen LogP contribution in [0.4, 0.5) is 5.69 Å². The standard InChI is InChI=1S/C16H24N2O2/c1-4-14(16(19)20)18-10-6-9-15(18)12-7-5-8-13(11-12)17(2)3/h5,7-8,11,14-15H,4,6,9-10H2,1-3H3,(H,19,20)/t14-,15+/m0/s1. The van der Waals surface area contributed by atoms with Crippen LogP contribution in [-0.2, 0) is 4.79 Å². The number of anilines is 1. The van der Waals surface area contributed by atoms with Gasteiger partial charge in [0.05, 0.1) is 0 Å². The number of aliphatic carboxylic acids is 1. The van der Waals surface area contributed by atoms with Gasteiger partial charge in [0.2, 0.25) is 0 Å². The van der Waals surface area contributed by atoms with Crippen molar-refractivity contribution in [2.45, 2.75) is 38.3 Å². The van der Waals surface area contributed by atoms with Crippen molar-refractivity contribution < 1.29 is 9.90 Å². The maximum atomic E-state index is 11.4. The topological polar surface area (TPSA) is 43.8 Å². The fourth-order valence-corrected chi connectivity index (χ4v) is 3.08. The first-order chi connectivity index (χ1) is 9.54. The van der Waals surface area contributed by atoms with Gasteiger partial charge in [-0.2, -0.15) is 0 Å². The molecule has 1 N–H and O–H groups in total. The van der Waals surface area contributed by atoms with Crippen molar-refractivity contribution in [3.8, 4) is 0 Å². The molecule has 2 atom stereocenters. The quantitative estimate of drug-likeness (QED) is 0.898. The lowest BCUT2D eigenvalue weighted by Gasteiger charge is -2.30. The van der Waals surface area contributed by atoms with Gasteiger partial charge in [-0.15, -0.1) is 0 Å². The molecular weight excluding hydrogens is 252 g/mol. The third kappa shape index (κ3) is 2.96. The summed E-state index contributed by atoms with van der Waals surface area (Å²) in [5.41, 5.74) is 2.39. The van der Waals surface area contributed by atoms with E-state index >= 15 is 0 Å². The van der Waals surface area contributed by atoms with Gasteiger partial charge in [0.25, 0.3) is 0 Å². The average molecular weight is 276 g/mol. The van der Waals surface area contributed by atoms with Crippen molar-refractivity contribution in [1.29, 1.82) is 0 Å². The monoisotopic (exact) mass is 276 g/mol. The van der Waals surface area contributed by atoms with E-state index in [0.29, 0.717) is 6.42 Å². The first-order valence-electron chi connectivity index (χ1n) is 7.30. The van der Waals surface area contributed by atoms with E-state index in [0.717, 1.165) is 25.1 Å². The third-order valence-corrected chi connectivity index (χ3v) is 4.14. The molecule has 0 unspecified atom stereocenters. The van der Waals surface area contributed by atoms with Gasteiger partial charge in [-0.25, -0.2) is 0 Å². The highest BCUT2D eigenvalue weighted by Crippen LogP contribution is 2.35. The maximum Gasteiger partial charge on any atom is 0.320 e. The molecule has 110 valence electrons. The summed E-state index contributed by atoms with van der Waals surface area (Å²) in [4.78, 5) is 15.7. The minimum Gasteiger partial charge on any atom is -0.480 e. The van der Waals surface area contributed by atoms with Crippen LogP contribution in [0.1, 0.15) is 37.8 Å². The maximum absolute atomic E-state index is 11.4. The summed E-state index contributed by atoms with van der Waals surface area (Å²) in [5, 5.41) is 9.39. The zero-order chi connectivity index (χ0) is 14.7. The predicted octanol–water partition coefficient (Wildman–Crippen LogP) is 2.75. The molecule has 4 heteroatoms. The summed E-state index contributed by atoms with van der Waals surface area (Å²) in [6.45, 7) is 2.83. The van der Waals surface area contributed by atoms with Crippen molar-refractivity contribution in [3.05, 3.63) is 29.8 Å². The number of nitrogens with zero attached hydrogens (tertiary/aromatic N) is 2. The highest BCUT2D eigenvalue weighted by Gasteiger charge is 2.34. The molecule has 4 nitrogen and oxygen atoms in total. The fourth-order valence-electron chi connectivity index (χ4n) is 3.08. The second-order valence-corrected chi connectivity index (χ2v) is 5.65. The smallest absolute Gasteiger partial charge is 0.320 e.